The molecule has 0 bridgehead atoms. The molecular weight excluding hydrogens is 401 g/mol. The fraction of sp³-hybridized carbons (Fsp3) is 0.208. The lowest BCUT2D eigenvalue weighted by atomic mass is 10.1. The van der Waals surface area contributed by atoms with Crippen LogP contribution in [0.4, 0.5) is 15.8 Å². The average Bonchev–Trinajstić information content (AvgIpc) is 2.75. The van der Waals surface area contributed by atoms with Crippen LogP contribution in [0, 0.1) is 5.82 Å². The van der Waals surface area contributed by atoms with Crippen LogP contribution in [-0.4, -0.2) is 37.0 Å². The molecule has 0 atom stereocenters. The van der Waals surface area contributed by atoms with E-state index in [0.29, 0.717) is 5.69 Å². The first-order chi connectivity index (χ1) is 14.6. The van der Waals surface area contributed by atoms with E-state index in [9.17, 15) is 9.18 Å². The van der Waals surface area contributed by atoms with Crippen LogP contribution in [0.1, 0.15) is 15.9 Å². The predicted octanol–water partition coefficient (Wildman–Crippen LogP) is 5.05. The first-order valence-electron chi connectivity index (χ1n) is 9.97. The van der Waals surface area contributed by atoms with Gasteiger partial charge in [-0.15, -0.1) is 0 Å². The molecular formula is C24H23ClFN3O. The minimum absolute atomic E-state index is 0.0949. The summed E-state index contributed by atoms with van der Waals surface area (Å²) in [5, 5.41) is 2.81. The van der Waals surface area contributed by atoms with Crippen molar-refractivity contribution in [3.05, 3.63) is 94.8 Å². The van der Waals surface area contributed by atoms with Gasteiger partial charge in [0.1, 0.15) is 5.82 Å². The Morgan fingerprint density at radius 3 is 2.27 bits per heavy atom. The molecule has 0 spiro atoms. The summed E-state index contributed by atoms with van der Waals surface area (Å²) in [5.41, 5.74) is 2.90. The number of carbonyl (C=O) groups excluding carboxylic acids is 1. The Labute approximate surface area is 180 Å². The van der Waals surface area contributed by atoms with Gasteiger partial charge in [-0.25, -0.2) is 4.39 Å². The minimum atomic E-state index is -0.634. The van der Waals surface area contributed by atoms with Crippen molar-refractivity contribution in [3.63, 3.8) is 0 Å². The minimum Gasteiger partial charge on any atom is -0.369 e. The smallest absolute Gasteiger partial charge is 0.260 e. The maximum Gasteiger partial charge on any atom is 0.260 e. The van der Waals surface area contributed by atoms with Crippen molar-refractivity contribution >= 4 is 28.9 Å². The quantitative estimate of drug-likeness (QED) is 0.623. The normalized spacial score (nSPS) is 14.5. The molecule has 1 amide bonds. The highest BCUT2D eigenvalue weighted by atomic mass is 35.5. The van der Waals surface area contributed by atoms with Gasteiger partial charge in [0.05, 0.1) is 10.6 Å². The molecule has 1 saturated heterocycles. The van der Waals surface area contributed by atoms with Crippen molar-refractivity contribution in [1.29, 1.82) is 0 Å². The maximum absolute atomic E-state index is 13.9. The van der Waals surface area contributed by atoms with Crippen molar-refractivity contribution in [1.82, 2.24) is 4.90 Å². The summed E-state index contributed by atoms with van der Waals surface area (Å²) in [4.78, 5) is 17.2. The Kier molecular flexibility index (Phi) is 6.31. The topological polar surface area (TPSA) is 35.6 Å². The lowest BCUT2D eigenvalue weighted by molar-refractivity contribution is 0.102. The highest BCUT2D eigenvalue weighted by Crippen LogP contribution is 2.23. The molecule has 0 radical (unpaired) electrons. The van der Waals surface area contributed by atoms with Crippen LogP contribution in [0.15, 0.2) is 72.8 Å². The monoisotopic (exact) mass is 423 g/mol. The summed E-state index contributed by atoms with van der Waals surface area (Å²) in [6.07, 6.45) is 0. The maximum atomic E-state index is 13.9. The van der Waals surface area contributed by atoms with Crippen LogP contribution >= 0.6 is 11.6 Å². The zero-order chi connectivity index (χ0) is 20.9. The van der Waals surface area contributed by atoms with Gasteiger partial charge in [0.2, 0.25) is 0 Å². The van der Waals surface area contributed by atoms with Gasteiger partial charge < -0.3 is 10.2 Å². The highest BCUT2D eigenvalue weighted by Gasteiger charge is 2.18. The number of benzene rings is 3. The molecule has 4 rings (SSSR count). The second-order valence-electron chi connectivity index (χ2n) is 7.35. The third-order valence-corrected chi connectivity index (χ3v) is 5.62. The Balaban J connectivity index is 1.33. The summed E-state index contributed by atoms with van der Waals surface area (Å²) >= 11 is 5.97. The third-order valence-electron chi connectivity index (χ3n) is 5.30. The van der Waals surface area contributed by atoms with Crippen molar-refractivity contribution in [2.45, 2.75) is 6.54 Å². The molecule has 1 N–H and O–H groups in total. The van der Waals surface area contributed by atoms with Crippen molar-refractivity contribution < 1.29 is 9.18 Å². The Bertz CT molecular complexity index is 982. The van der Waals surface area contributed by atoms with E-state index in [1.165, 1.54) is 23.8 Å². The zero-order valence-electron chi connectivity index (χ0n) is 16.5. The van der Waals surface area contributed by atoms with Crippen LogP contribution < -0.4 is 10.2 Å². The molecule has 1 heterocycles. The average molecular weight is 424 g/mol. The molecule has 1 aliphatic rings. The van der Waals surface area contributed by atoms with Crippen molar-refractivity contribution in [2.24, 2.45) is 0 Å². The molecule has 0 unspecified atom stereocenters. The number of halogens is 2. The van der Waals surface area contributed by atoms with E-state index in [2.05, 4.69) is 39.4 Å². The standard InChI is InChI=1S/C24H23ClFN3O/c25-21-7-4-8-22(26)23(21)24(30)27-19-9-11-20(12-10-19)29-15-13-28(14-16-29)17-18-5-2-1-3-6-18/h1-12H,13-17H2,(H,27,30). The number of anilines is 2. The fourth-order valence-corrected chi connectivity index (χ4v) is 3.92. The lowest BCUT2D eigenvalue weighted by Crippen LogP contribution is -2.45. The van der Waals surface area contributed by atoms with Gasteiger partial charge in [-0.2, -0.15) is 0 Å². The van der Waals surface area contributed by atoms with E-state index in [1.54, 1.807) is 0 Å². The summed E-state index contributed by atoms with van der Waals surface area (Å²) in [6.45, 7) is 4.86. The Morgan fingerprint density at radius 2 is 1.60 bits per heavy atom. The highest BCUT2D eigenvalue weighted by molar-refractivity contribution is 6.34. The molecule has 30 heavy (non-hydrogen) atoms. The van der Waals surface area contributed by atoms with Gasteiger partial charge >= 0.3 is 0 Å². The number of rotatable bonds is 5. The number of carbonyl (C=O) groups is 1. The van der Waals surface area contributed by atoms with E-state index in [0.717, 1.165) is 38.4 Å². The van der Waals surface area contributed by atoms with Crippen LogP contribution in [0.5, 0.6) is 0 Å². The predicted molar refractivity (Wildman–Crippen MR) is 120 cm³/mol. The first kappa shape index (κ1) is 20.4. The van der Waals surface area contributed by atoms with Crippen LogP contribution in [0.2, 0.25) is 5.02 Å². The van der Waals surface area contributed by atoms with E-state index in [-0.39, 0.29) is 10.6 Å². The van der Waals surface area contributed by atoms with Crippen molar-refractivity contribution in [3.8, 4) is 0 Å². The SMILES string of the molecule is O=C(Nc1ccc(N2CCN(Cc3ccccc3)CC2)cc1)c1c(F)cccc1Cl. The summed E-state index contributed by atoms with van der Waals surface area (Å²) in [6, 6.07) is 22.3. The molecule has 0 aliphatic carbocycles. The number of hydrogen-bond acceptors (Lipinski definition) is 3. The van der Waals surface area contributed by atoms with Crippen LogP contribution in [0.3, 0.4) is 0 Å². The third kappa shape index (κ3) is 4.81. The molecule has 1 aliphatic heterocycles. The van der Waals surface area contributed by atoms with Crippen LogP contribution in [-0.2, 0) is 6.54 Å². The van der Waals surface area contributed by atoms with Crippen LogP contribution in [0.25, 0.3) is 0 Å². The fourth-order valence-electron chi connectivity index (χ4n) is 3.67. The van der Waals surface area contributed by atoms with Gasteiger partial charge in [-0.05, 0) is 42.0 Å². The second kappa shape index (κ2) is 9.28. The molecule has 6 heteroatoms. The largest absolute Gasteiger partial charge is 0.369 e. The molecule has 0 aromatic heterocycles. The van der Waals surface area contributed by atoms with Gasteiger partial charge in [0.25, 0.3) is 5.91 Å². The lowest BCUT2D eigenvalue weighted by Gasteiger charge is -2.36. The van der Waals surface area contributed by atoms with E-state index in [1.807, 2.05) is 30.3 Å². The zero-order valence-corrected chi connectivity index (χ0v) is 17.3. The number of hydrogen-bond donors (Lipinski definition) is 1. The van der Waals surface area contributed by atoms with Gasteiger partial charge in [-0.3, -0.25) is 9.69 Å². The Hall–Kier alpha value is -2.89. The molecule has 3 aromatic carbocycles. The van der Waals surface area contributed by atoms with E-state index < -0.39 is 11.7 Å². The van der Waals surface area contributed by atoms with Crippen molar-refractivity contribution in [2.75, 3.05) is 36.4 Å². The molecule has 1 fully saturated rings. The summed E-state index contributed by atoms with van der Waals surface area (Å²) in [7, 11) is 0. The number of amides is 1. The second-order valence-corrected chi connectivity index (χ2v) is 7.75. The summed E-state index contributed by atoms with van der Waals surface area (Å²) < 4.78 is 13.9. The first-order valence-corrected chi connectivity index (χ1v) is 10.3. The molecule has 3 aromatic rings. The van der Waals surface area contributed by atoms with E-state index in [4.69, 9.17) is 11.6 Å². The summed E-state index contributed by atoms with van der Waals surface area (Å²) in [5.74, 6) is -1.19. The number of piperazine rings is 1. The molecule has 154 valence electrons. The molecule has 0 saturated carbocycles. The molecule has 4 nitrogen and oxygen atoms in total. The van der Waals surface area contributed by atoms with Gasteiger partial charge in [0, 0.05) is 44.1 Å². The number of nitrogens with zero attached hydrogens (tertiary/aromatic N) is 2. The van der Waals surface area contributed by atoms with Gasteiger partial charge in [0.15, 0.2) is 0 Å². The van der Waals surface area contributed by atoms with Gasteiger partial charge in [-0.1, -0.05) is 48.0 Å². The number of nitrogens with one attached hydrogen (secondary N) is 1. The Morgan fingerprint density at radius 1 is 0.900 bits per heavy atom. The van der Waals surface area contributed by atoms with E-state index >= 15 is 0 Å².